The van der Waals surface area contributed by atoms with E-state index >= 15 is 0 Å². The van der Waals surface area contributed by atoms with Gasteiger partial charge in [-0.15, -0.1) is 0 Å². The highest BCUT2D eigenvalue weighted by Gasteiger charge is 2.07. The number of carbonyl (C=O) groups is 1. The monoisotopic (exact) mass is 203 g/mol. The molecule has 1 rings (SSSR count). The Labute approximate surface area is 91.0 Å². The molecule has 0 aromatic heterocycles. The number of hydrogen-bond acceptors (Lipinski definition) is 1. The van der Waals surface area contributed by atoms with E-state index in [2.05, 4.69) is 11.9 Å². The van der Waals surface area contributed by atoms with Gasteiger partial charge in [0.25, 0.3) is 5.91 Å². The summed E-state index contributed by atoms with van der Waals surface area (Å²) in [4.78, 5) is 11.7. The van der Waals surface area contributed by atoms with Gasteiger partial charge >= 0.3 is 0 Å². The number of aryl methyl sites for hydroxylation is 2. The minimum Gasteiger partial charge on any atom is -0.348 e. The lowest BCUT2D eigenvalue weighted by Crippen LogP contribution is -2.25. The Morgan fingerprint density at radius 1 is 1.40 bits per heavy atom. The number of amides is 1. The lowest BCUT2D eigenvalue weighted by molar-refractivity contribution is 0.0956. The van der Waals surface area contributed by atoms with Crippen LogP contribution >= 0.6 is 0 Å². The summed E-state index contributed by atoms with van der Waals surface area (Å²) in [5, 5.41) is 2.82. The van der Waals surface area contributed by atoms with E-state index in [0.29, 0.717) is 6.54 Å². The maximum atomic E-state index is 11.7. The summed E-state index contributed by atoms with van der Waals surface area (Å²) in [5.74, 6) is -0.0319. The predicted molar refractivity (Wildman–Crippen MR) is 63.1 cm³/mol. The second kappa shape index (κ2) is 4.78. The first-order valence-corrected chi connectivity index (χ1v) is 5.00. The van der Waals surface area contributed by atoms with Crippen LogP contribution in [0.4, 0.5) is 0 Å². The van der Waals surface area contributed by atoms with Gasteiger partial charge in [0.05, 0.1) is 0 Å². The Kier molecular flexibility index (Phi) is 3.67. The summed E-state index contributed by atoms with van der Waals surface area (Å²) in [6.07, 6.45) is 0. The van der Waals surface area contributed by atoms with Crippen LogP contribution in [0.25, 0.3) is 0 Å². The fourth-order valence-corrected chi connectivity index (χ4v) is 1.39. The van der Waals surface area contributed by atoms with Crippen molar-refractivity contribution in [2.24, 2.45) is 0 Å². The number of rotatable bonds is 3. The van der Waals surface area contributed by atoms with Crippen molar-refractivity contribution in [3.63, 3.8) is 0 Å². The molecule has 0 spiro atoms. The number of carbonyl (C=O) groups excluding carboxylic acids is 1. The average Bonchev–Trinajstić information content (AvgIpc) is 2.14. The number of nitrogens with one attached hydrogen (secondary N) is 1. The third kappa shape index (κ3) is 3.24. The molecule has 0 atom stereocenters. The van der Waals surface area contributed by atoms with E-state index in [-0.39, 0.29) is 5.91 Å². The zero-order chi connectivity index (χ0) is 11.4. The fourth-order valence-electron chi connectivity index (χ4n) is 1.39. The minimum atomic E-state index is -0.0319. The van der Waals surface area contributed by atoms with E-state index in [1.807, 2.05) is 39.0 Å². The molecular formula is C13H17NO. The molecule has 80 valence electrons. The molecular weight excluding hydrogens is 186 g/mol. The van der Waals surface area contributed by atoms with Gasteiger partial charge in [-0.1, -0.05) is 29.8 Å². The topological polar surface area (TPSA) is 29.1 Å². The second-order valence-electron chi connectivity index (χ2n) is 3.96. The van der Waals surface area contributed by atoms with Crippen LogP contribution < -0.4 is 5.32 Å². The molecule has 0 saturated carbocycles. The quantitative estimate of drug-likeness (QED) is 0.752. The number of benzene rings is 1. The Bertz CT molecular complexity index is 394. The van der Waals surface area contributed by atoms with E-state index in [0.717, 1.165) is 16.7 Å². The van der Waals surface area contributed by atoms with Crippen molar-refractivity contribution in [2.75, 3.05) is 6.54 Å². The molecule has 1 amide bonds. The first kappa shape index (κ1) is 11.5. The van der Waals surface area contributed by atoms with E-state index in [4.69, 9.17) is 0 Å². The van der Waals surface area contributed by atoms with Crippen molar-refractivity contribution in [3.05, 3.63) is 47.0 Å². The van der Waals surface area contributed by atoms with E-state index in [1.54, 1.807) is 0 Å². The number of hydrogen-bond donors (Lipinski definition) is 1. The molecule has 0 aliphatic carbocycles. The van der Waals surface area contributed by atoms with Crippen molar-refractivity contribution < 1.29 is 4.79 Å². The minimum absolute atomic E-state index is 0.0319. The second-order valence-corrected chi connectivity index (χ2v) is 3.96. The fraction of sp³-hybridized carbons (Fsp3) is 0.308. The van der Waals surface area contributed by atoms with Gasteiger partial charge in [0.2, 0.25) is 0 Å². The molecule has 1 aromatic carbocycles. The lowest BCUT2D eigenvalue weighted by Gasteiger charge is -2.07. The molecule has 1 aromatic rings. The molecule has 0 fully saturated rings. The van der Waals surface area contributed by atoms with Gasteiger partial charge in [0, 0.05) is 12.1 Å². The predicted octanol–water partition coefficient (Wildman–Crippen LogP) is 2.61. The van der Waals surface area contributed by atoms with Gasteiger partial charge in [-0.3, -0.25) is 4.79 Å². The van der Waals surface area contributed by atoms with Gasteiger partial charge in [0.15, 0.2) is 0 Å². The summed E-state index contributed by atoms with van der Waals surface area (Å²) >= 11 is 0. The highest BCUT2D eigenvalue weighted by molar-refractivity contribution is 5.95. The highest BCUT2D eigenvalue weighted by atomic mass is 16.1. The van der Waals surface area contributed by atoms with Crippen LogP contribution in [-0.4, -0.2) is 12.5 Å². The zero-order valence-electron chi connectivity index (χ0n) is 9.55. The molecule has 2 heteroatoms. The first-order valence-electron chi connectivity index (χ1n) is 5.00. The van der Waals surface area contributed by atoms with Crippen LogP contribution in [0.15, 0.2) is 30.4 Å². The largest absolute Gasteiger partial charge is 0.348 e. The van der Waals surface area contributed by atoms with Gasteiger partial charge in [0.1, 0.15) is 0 Å². The molecule has 0 aliphatic heterocycles. The molecule has 0 bridgehead atoms. The molecule has 0 radical (unpaired) electrons. The van der Waals surface area contributed by atoms with Crippen LogP contribution in [0.2, 0.25) is 0 Å². The van der Waals surface area contributed by atoms with Crippen LogP contribution in [0.1, 0.15) is 28.4 Å². The summed E-state index contributed by atoms with van der Waals surface area (Å²) in [7, 11) is 0. The van der Waals surface area contributed by atoms with Crippen LogP contribution in [0, 0.1) is 13.8 Å². The van der Waals surface area contributed by atoms with Gasteiger partial charge in [-0.05, 0) is 32.4 Å². The van der Waals surface area contributed by atoms with E-state index in [9.17, 15) is 4.79 Å². The first-order chi connectivity index (χ1) is 7.00. The standard InChI is InChI=1S/C13H17NO/c1-9(2)8-14-13(15)12-6-5-10(3)7-11(12)4/h5-7H,1,8H2,2-4H3,(H,14,15). The summed E-state index contributed by atoms with van der Waals surface area (Å²) in [5.41, 5.74) is 3.87. The van der Waals surface area contributed by atoms with E-state index in [1.165, 1.54) is 5.56 Å². The summed E-state index contributed by atoms with van der Waals surface area (Å²) in [6.45, 7) is 10.1. The summed E-state index contributed by atoms with van der Waals surface area (Å²) in [6, 6.07) is 5.82. The molecule has 0 aliphatic rings. The molecule has 15 heavy (non-hydrogen) atoms. The van der Waals surface area contributed by atoms with Crippen molar-refractivity contribution in [3.8, 4) is 0 Å². The van der Waals surface area contributed by atoms with Gasteiger partial charge < -0.3 is 5.32 Å². The molecule has 0 unspecified atom stereocenters. The van der Waals surface area contributed by atoms with Crippen molar-refractivity contribution in [1.29, 1.82) is 0 Å². The Balaban J connectivity index is 2.78. The molecule has 0 heterocycles. The highest BCUT2D eigenvalue weighted by Crippen LogP contribution is 2.10. The maximum Gasteiger partial charge on any atom is 0.251 e. The van der Waals surface area contributed by atoms with E-state index < -0.39 is 0 Å². The van der Waals surface area contributed by atoms with Crippen LogP contribution in [0.5, 0.6) is 0 Å². The third-order valence-corrected chi connectivity index (χ3v) is 2.18. The van der Waals surface area contributed by atoms with Gasteiger partial charge in [-0.25, -0.2) is 0 Å². The van der Waals surface area contributed by atoms with Crippen LogP contribution in [-0.2, 0) is 0 Å². The van der Waals surface area contributed by atoms with Crippen molar-refractivity contribution >= 4 is 5.91 Å². The normalized spacial score (nSPS) is 9.80. The SMILES string of the molecule is C=C(C)CNC(=O)c1ccc(C)cc1C. The van der Waals surface area contributed by atoms with Gasteiger partial charge in [-0.2, -0.15) is 0 Å². The molecule has 2 nitrogen and oxygen atoms in total. The van der Waals surface area contributed by atoms with Crippen LogP contribution in [0.3, 0.4) is 0 Å². The third-order valence-electron chi connectivity index (χ3n) is 2.18. The smallest absolute Gasteiger partial charge is 0.251 e. The Morgan fingerprint density at radius 2 is 2.07 bits per heavy atom. The van der Waals surface area contributed by atoms with Crippen molar-refractivity contribution in [1.82, 2.24) is 5.32 Å². The maximum absolute atomic E-state index is 11.7. The zero-order valence-corrected chi connectivity index (χ0v) is 9.55. The Hall–Kier alpha value is -1.57. The lowest BCUT2D eigenvalue weighted by atomic mass is 10.1. The average molecular weight is 203 g/mol. The van der Waals surface area contributed by atoms with Crippen molar-refractivity contribution in [2.45, 2.75) is 20.8 Å². The molecule has 0 saturated heterocycles. The Morgan fingerprint density at radius 3 is 2.60 bits per heavy atom. The molecule has 1 N–H and O–H groups in total. The summed E-state index contributed by atoms with van der Waals surface area (Å²) < 4.78 is 0.